The van der Waals surface area contributed by atoms with Crippen molar-refractivity contribution in [2.75, 3.05) is 6.61 Å². The van der Waals surface area contributed by atoms with Gasteiger partial charge in [0, 0.05) is 0 Å². The molecule has 1 aromatic rings. The van der Waals surface area contributed by atoms with E-state index < -0.39 is 4.92 Å². The molecule has 0 saturated heterocycles. The predicted octanol–water partition coefficient (Wildman–Crippen LogP) is 0.892. The highest BCUT2D eigenvalue weighted by molar-refractivity contribution is 5.38. The third-order valence-corrected chi connectivity index (χ3v) is 1.22. The maximum Gasteiger partial charge on any atom is 0.406 e. The molecule has 0 aliphatic rings. The van der Waals surface area contributed by atoms with E-state index in [0.717, 1.165) is 0 Å². The van der Waals surface area contributed by atoms with Crippen LogP contribution in [0.4, 0.5) is 5.82 Å². The summed E-state index contributed by atoms with van der Waals surface area (Å²) in [6.07, 6.45) is 1.29. The summed E-state index contributed by atoms with van der Waals surface area (Å²) in [7, 11) is 0. The van der Waals surface area contributed by atoms with E-state index >= 15 is 0 Å². The van der Waals surface area contributed by atoms with Gasteiger partial charge in [-0.2, -0.15) is 5.26 Å². The Bertz CT molecular complexity index is 358. The Morgan fingerprint density at radius 3 is 3.15 bits per heavy atom. The van der Waals surface area contributed by atoms with Gasteiger partial charge in [0.25, 0.3) is 0 Å². The first-order valence-corrected chi connectivity index (χ1v) is 3.35. The summed E-state index contributed by atoms with van der Waals surface area (Å²) < 4.78 is 4.78. The van der Waals surface area contributed by atoms with E-state index in [0.29, 0.717) is 0 Å². The summed E-state index contributed by atoms with van der Waals surface area (Å²) in [5.41, 5.74) is 0. The number of hydrogen-bond donors (Lipinski definition) is 0. The SMILES string of the molecule is N#CCOc1cccnc1[N+](=O)[O-]. The van der Waals surface area contributed by atoms with E-state index in [-0.39, 0.29) is 18.2 Å². The number of aromatic nitrogens is 1. The van der Waals surface area contributed by atoms with Gasteiger partial charge >= 0.3 is 5.82 Å². The average Bonchev–Trinajstić information content (AvgIpc) is 2.15. The third-order valence-electron chi connectivity index (χ3n) is 1.22. The maximum atomic E-state index is 10.4. The predicted molar refractivity (Wildman–Crippen MR) is 42.0 cm³/mol. The summed E-state index contributed by atoms with van der Waals surface area (Å²) >= 11 is 0. The van der Waals surface area contributed by atoms with Crippen molar-refractivity contribution < 1.29 is 9.66 Å². The lowest BCUT2D eigenvalue weighted by molar-refractivity contribution is -0.390. The lowest BCUT2D eigenvalue weighted by Crippen LogP contribution is -1.99. The van der Waals surface area contributed by atoms with Crippen molar-refractivity contribution in [1.29, 1.82) is 5.26 Å². The molecular formula is C7H5N3O3. The van der Waals surface area contributed by atoms with E-state index in [9.17, 15) is 10.1 Å². The van der Waals surface area contributed by atoms with Crippen molar-refractivity contribution in [3.63, 3.8) is 0 Å². The van der Waals surface area contributed by atoms with E-state index in [1.54, 1.807) is 6.07 Å². The molecule has 0 bridgehead atoms. The van der Waals surface area contributed by atoms with Crippen molar-refractivity contribution in [2.45, 2.75) is 0 Å². The van der Waals surface area contributed by atoms with E-state index in [1.807, 2.05) is 0 Å². The van der Waals surface area contributed by atoms with E-state index in [1.165, 1.54) is 18.3 Å². The topological polar surface area (TPSA) is 89.0 Å². The molecule has 0 radical (unpaired) electrons. The Morgan fingerprint density at radius 2 is 2.54 bits per heavy atom. The van der Waals surface area contributed by atoms with Crippen molar-refractivity contribution in [1.82, 2.24) is 4.98 Å². The van der Waals surface area contributed by atoms with Gasteiger partial charge in [-0.05, 0) is 22.0 Å². The van der Waals surface area contributed by atoms with Crippen molar-refractivity contribution >= 4 is 5.82 Å². The minimum atomic E-state index is -0.660. The minimum absolute atomic E-state index is 0.00838. The van der Waals surface area contributed by atoms with Crippen LogP contribution in [0.5, 0.6) is 5.75 Å². The quantitative estimate of drug-likeness (QED) is 0.507. The molecule has 1 aromatic heterocycles. The molecule has 0 aromatic carbocycles. The van der Waals surface area contributed by atoms with Crippen LogP contribution in [-0.4, -0.2) is 16.5 Å². The van der Waals surface area contributed by atoms with Crippen LogP contribution in [0.2, 0.25) is 0 Å². The van der Waals surface area contributed by atoms with Crippen molar-refractivity contribution in [2.24, 2.45) is 0 Å². The fourth-order valence-electron chi connectivity index (χ4n) is 0.742. The first-order chi connectivity index (χ1) is 6.25. The average molecular weight is 179 g/mol. The lowest BCUT2D eigenvalue weighted by Gasteiger charge is -2.00. The van der Waals surface area contributed by atoms with Crippen molar-refractivity contribution in [3.05, 3.63) is 28.4 Å². The second-order valence-electron chi connectivity index (χ2n) is 2.03. The number of hydrogen-bond acceptors (Lipinski definition) is 5. The van der Waals surface area contributed by atoms with E-state index in [4.69, 9.17) is 10.00 Å². The maximum absolute atomic E-state index is 10.4. The molecule has 0 saturated carbocycles. The van der Waals surface area contributed by atoms with Gasteiger partial charge in [0.1, 0.15) is 12.3 Å². The number of rotatable bonds is 3. The second kappa shape index (κ2) is 4.01. The largest absolute Gasteiger partial charge is 0.470 e. The van der Waals surface area contributed by atoms with E-state index in [2.05, 4.69) is 4.98 Å². The summed E-state index contributed by atoms with van der Waals surface area (Å²) in [4.78, 5) is 13.2. The molecule has 0 aliphatic carbocycles. The Hall–Kier alpha value is -2.16. The standard InChI is InChI=1S/C7H5N3O3/c8-3-5-13-6-2-1-4-9-7(6)10(11)12/h1-2,4H,5H2. The fourth-order valence-corrected chi connectivity index (χ4v) is 0.742. The number of pyridine rings is 1. The molecule has 66 valence electrons. The highest BCUT2D eigenvalue weighted by atomic mass is 16.6. The van der Waals surface area contributed by atoms with Crippen LogP contribution in [0.25, 0.3) is 0 Å². The Labute approximate surface area is 73.5 Å². The summed E-state index contributed by atoms with van der Waals surface area (Å²) in [6.45, 7) is -0.230. The van der Waals surface area contributed by atoms with Gasteiger partial charge in [-0.25, -0.2) is 0 Å². The van der Waals surface area contributed by atoms with Crippen molar-refractivity contribution in [3.8, 4) is 11.8 Å². The summed E-state index contributed by atoms with van der Waals surface area (Å²) in [5.74, 6) is -0.369. The smallest absolute Gasteiger partial charge is 0.406 e. The first kappa shape index (κ1) is 8.93. The Morgan fingerprint density at radius 1 is 1.77 bits per heavy atom. The first-order valence-electron chi connectivity index (χ1n) is 3.35. The van der Waals surface area contributed by atoms with Gasteiger partial charge in [0.2, 0.25) is 5.75 Å². The minimum Gasteiger partial charge on any atom is -0.470 e. The molecule has 0 fully saturated rings. The van der Waals surface area contributed by atoms with Gasteiger partial charge in [-0.1, -0.05) is 0 Å². The lowest BCUT2D eigenvalue weighted by atomic mass is 10.4. The zero-order valence-corrected chi connectivity index (χ0v) is 6.51. The Balaban J connectivity index is 2.92. The van der Waals surface area contributed by atoms with Crippen LogP contribution in [-0.2, 0) is 0 Å². The highest BCUT2D eigenvalue weighted by Gasteiger charge is 2.14. The molecule has 0 N–H and O–H groups in total. The van der Waals surface area contributed by atoms with Gasteiger partial charge in [0.15, 0.2) is 6.61 Å². The third kappa shape index (κ3) is 2.13. The number of nitro groups is 1. The highest BCUT2D eigenvalue weighted by Crippen LogP contribution is 2.22. The molecule has 1 rings (SSSR count). The Kier molecular flexibility index (Phi) is 2.76. The molecule has 0 amide bonds. The molecule has 0 spiro atoms. The van der Waals surface area contributed by atoms with Gasteiger partial charge in [-0.3, -0.25) is 0 Å². The van der Waals surface area contributed by atoms with Gasteiger partial charge < -0.3 is 14.9 Å². The van der Waals surface area contributed by atoms with Crippen LogP contribution < -0.4 is 4.74 Å². The fraction of sp³-hybridized carbons (Fsp3) is 0.143. The number of nitrogens with zero attached hydrogens (tertiary/aromatic N) is 3. The molecule has 0 aliphatic heterocycles. The molecule has 0 atom stereocenters. The zero-order chi connectivity index (χ0) is 9.68. The molecule has 6 heteroatoms. The number of ether oxygens (including phenoxy) is 1. The van der Waals surface area contributed by atoms with Crippen LogP contribution in [0.15, 0.2) is 18.3 Å². The van der Waals surface area contributed by atoms with Gasteiger partial charge in [0.05, 0.1) is 0 Å². The molecular weight excluding hydrogens is 174 g/mol. The van der Waals surface area contributed by atoms with Crippen LogP contribution in [0.3, 0.4) is 0 Å². The second-order valence-corrected chi connectivity index (χ2v) is 2.03. The molecule has 6 nitrogen and oxygen atoms in total. The summed E-state index contributed by atoms with van der Waals surface area (Å²) in [5, 5.41) is 18.6. The van der Waals surface area contributed by atoms with Crippen LogP contribution in [0.1, 0.15) is 0 Å². The van der Waals surface area contributed by atoms with Crippen LogP contribution >= 0.6 is 0 Å². The molecule has 1 heterocycles. The summed E-state index contributed by atoms with van der Waals surface area (Å²) in [6, 6.07) is 4.60. The molecule has 0 unspecified atom stereocenters. The normalized spacial score (nSPS) is 8.85. The monoisotopic (exact) mass is 179 g/mol. The van der Waals surface area contributed by atoms with Gasteiger partial charge in [-0.15, -0.1) is 0 Å². The zero-order valence-electron chi connectivity index (χ0n) is 6.51. The molecule has 13 heavy (non-hydrogen) atoms. The number of nitriles is 1. The van der Waals surface area contributed by atoms with Crippen LogP contribution in [0, 0.1) is 21.4 Å².